The number of H-pyrrole nitrogens is 1. The maximum Gasteiger partial charge on any atom is 0.327 e. The number of aromatic amines is 1. The molecule has 0 aliphatic rings. The Bertz CT molecular complexity index is 1250. The van der Waals surface area contributed by atoms with Crippen LogP contribution in [0.2, 0.25) is 0 Å². The summed E-state index contributed by atoms with van der Waals surface area (Å²) >= 11 is 0. The van der Waals surface area contributed by atoms with Crippen molar-refractivity contribution in [1.82, 2.24) is 14.5 Å². The monoisotopic (exact) mass is 453 g/mol. The van der Waals surface area contributed by atoms with Gasteiger partial charge in [-0.2, -0.15) is 0 Å². The van der Waals surface area contributed by atoms with Gasteiger partial charge in [0, 0.05) is 23.9 Å². The molecule has 3 N–H and O–H groups in total. The molecule has 0 bridgehead atoms. The Morgan fingerprint density at radius 3 is 2.50 bits per heavy atom. The molecule has 0 spiro atoms. The first-order valence-corrected chi connectivity index (χ1v) is 11.2. The van der Waals surface area contributed by atoms with E-state index in [9.17, 15) is 4.79 Å². The zero-order chi connectivity index (χ0) is 22.7. The number of aromatic nitrogens is 3. The second-order valence-electron chi connectivity index (χ2n) is 7.91. The standard InChI is InChI=1S/C23H24N3O5P/c1-23(2,31-32(28)29)12-13-30-18-10-8-16(9-11-18)19-14-26(17-6-4-3-5-7-17)21-20(19)22(27)25-15-24-21/h3-11,14-15,28-29H,12-13H2,1-2H3,(H,24,25,27). The van der Waals surface area contributed by atoms with Gasteiger partial charge >= 0.3 is 8.60 Å². The lowest BCUT2D eigenvalue weighted by Crippen LogP contribution is -2.24. The average molecular weight is 453 g/mol. The van der Waals surface area contributed by atoms with Gasteiger partial charge in [0.05, 0.1) is 23.9 Å². The molecular formula is C23H24N3O5P. The van der Waals surface area contributed by atoms with Crippen LogP contribution in [0.3, 0.4) is 0 Å². The predicted octanol–water partition coefficient (Wildman–Crippen LogP) is 4.16. The number of benzene rings is 2. The maximum atomic E-state index is 12.6. The topological polar surface area (TPSA) is 110 Å². The minimum absolute atomic E-state index is 0.199. The van der Waals surface area contributed by atoms with E-state index in [1.54, 1.807) is 13.8 Å². The zero-order valence-corrected chi connectivity index (χ0v) is 18.6. The fourth-order valence-corrected chi connectivity index (χ4v) is 4.02. The summed E-state index contributed by atoms with van der Waals surface area (Å²) in [5.41, 5.74) is 2.24. The maximum absolute atomic E-state index is 12.6. The van der Waals surface area contributed by atoms with Gasteiger partial charge < -0.3 is 28.6 Å². The van der Waals surface area contributed by atoms with Crippen molar-refractivity contribution in [2.75, 3.05) is 6.61 Å². The first kappa shape index (κ1) is 22.2. The van der Waals surface area contributed by atoms with Crippen LogP contribution in [0.5, 0.6) is 5.75 Å². The molecule has 0 aliphatic carbocycles. The van der Waals surface area contributed by atoms with Crippen LogP contribution in [0.1, 0.15) is 20.3 Å². The zero-order valence-electron chi connectivity index (χ0n) is 17.7. The summed E-state index contributed by atoms with van der Waals surface area (Å²) in [5, 5.41) is 0.522. The van der Waals surface area contributed by atoms with Gasteiger partial charge in [0.25, 0.3) is 5.56 Å². The molecule has 0 saturated carbocycles. The summed E-state index contributed by atoms with van der Waals surface area (Å²) in [5.74, 6) is 0.665. The lowest BCUT2D eigenvalue weighted by atomic mass is 10.1. The quantitative estimate of drug-likeness (QED) is 0.346. The molecule has 0 fully saturated rings. The third kappa shape index (κ3) is 4.89. The second kappa shape index (κ2) is 9.22. The summed E-state index contributed by atoms with van der Waals surface area (Å²) < 4.78 is 12.8. The summed E-state index contributed by atoms with van der Waals surface area (Å²) in [6, 6.07) is 17.2. The van der Waals surface area contributed by atoms with Gasteiger partial charge in [-0.15, -0.1) is 0 Å². The van der Waals surface area contributed by atoms with Crippen LogP contribution in [-0.2, 0) is 4.52 Å². The van der Waals surface area contributed by atoms with Crippen LogP contribution >= 0.6 is 8.60 Å². The highest BCUT2D eigenvalue weighted by atomic mass is 31.2. The third-order valence-corrected chi connectivity index (χ3v) is 5.75. The van der Waals surface area contributed by atoms with Gasteiger partial charge in [0.2, 0.25) is 0 Å². The Morgan fingerprint density at radius 2 is 1.81 bits per heavy atom. The lowest BCUT2D eigenvalue weighted by Gasteiger charge is -2.24. The molecule has 2 aromatic carbocycles. The van der Waals surface area contributed by atoms with Crippen LogP contribution in [0.25, 0.3) is 27.8 Å². The van der Waals surface area contributed by atoms with E-state index in [0.29, 0.717) is 29.8 Å². The van der Waals surface area contributed by atoms with Crippen LogP contribution in [0, 0.1) is 0 Å². The molecule has 2 heterocycles. The van der Waals surface area contributed by atoms with Crippen molar-refractivity contribution in [1.29, 1.82) is 0 Å². The molecular weight excluding hydrogens is 429 g/mol. The molecule has 32 heavy (non-hydrogen) atoms. The first-order chi connectivity index (χ1) is 15.3. The smallest absolute Gasteiger partial charge is 0.327 e. The van der Waals surface area contributed by atoms with Crippen LogP contribution in [-0.4, -0.2) is 36.5 Å². The van der Waals surface area contributed by atoms with Gasteiger partial charge in [-0.05, 0) is 43.7 Å². The number of para-hydroxylation sites is 1. The molecule has 0 unspecified atom stereocenters. The molecule has 0 saturated heterocycles. The number of hydrogen-bond acceptors (Lipinski definition) is 6. The SMILES string of the molecule is CC(C)(CCOc1ccc(-c2cn(-c3ccccc3)c3nc[nH]c(=O)c23)cc1)OP(O)O. The molecule has 9 heteroatoms. The van der Waals surface area contributed by atoms with Gasteiger partial charge in [-0.3, -0.25) is 4.79 Å². The second-order valence-corrected chi connectivity index (χ2v) is 8.59. The van der Waals surface area contributed by atoms with E-state index in [4.69, 9.17) is 19.0 Å². The Hall–Kier alpha value is -3.03. The molecule has 4 aromatic rings. The lowest BCUT2D eigenvalue weighted by molar-refractivity contribution is 0.0667. The van der Waals surface area contributed by atoms with Crippen molar-refractivity contribution in [3.63, 3.8) is 0 Å². The molecule has 4 rings (SSSR count). The number of ether oxygens (including phenoxy) is 1. The van der Waals surface area contributed by atoms with Gasteiger partial charge in [0.15, 0.2) is 5.65 Å². The van der Waals surface area contributed by atoms with Crippen molar-refractivity contribution in [3.05, 3.63) is 77.5 Å². The Labute approximate surface area is 186 Å². The van der Waals surface area contributed by atoms with Crippen molar-refractivity contribution in [3.8, 4) is 22.6 Å². The van der Waals surface area contributed by atoms with E-state index < -0.39 is 14.2 Å². The van der Waals surface area contributed by atoms with Crippen molar-refractivity contribution in [2.45, 2.75) is 25.9 Å². The highest BCUT2D eigenvalue weighted by molar-refractivity contribution is 7.39. The number of nitrogens with zero attached hydrogens (tertiary/aromatic N) is 2. The van der Waals surface area contributed by atoms with E-state index in [2.05, 4.69) is 9.97 Å². The van der Waals surface area contributed by atoms with E-state index in [1.165, 1.54) is 6.33 Å². The van der Waals surface area contributed by atoms with Crippen LogP contribution in [0.4, 0.5) is 0 Å². The fourth-order valence-electron chi connectivity index (χ4n) is 3.49. The van der Waals surface area contributed by atoms with E-state index >= 15 is 0 Å². The van der Waals surface area contributed by atoms with Gasteiger partial charge in [-0.1, -0.05) is 30.3 Å². The van der Waals surface area contributed by atoms with Crippen molar-refractivity contribution < 1.29 is 19.0 Å². The Kier molecular flexibility index (Phi) is 6.39. The van der Waals surface area contributed by atoms with Gasteiger partial charge in [0.1, 0.15) is 5.75 Å². The number of hydrogen-bond donors (Lipinski definition) is 3. The number of nitrogens with one attached hydrogen (secondary N) is 1. The summed E-state index contributed by atoms with van der Waals surface area (Å²) in [6.45, 7) is 3.90. The third-order valence-electron chi connectivity index (χ3n) is 5.09. The molecule has 0 radical (unpaired) electrons. The normalized spacial score (nSPS) is 11.9. The van der Waals surface area contributed by atoms with Crippen molar-refractivity contribution >= 4 is 19.6 Å². The molecule has 166 valence electrons. The minimum Gasteiger partial charge on any atom is -0.493 e. The number of fused-ring (bicyclic) bond motifs is 1. The minimum atomic E-state index is -2.41. The Morgan fingerprint density at radius 1 is 1.09 bits per heavy atom. The summed E-state index contributed by atoms with van der Waals surface area (Å²) in [6.07, 6.45) is 3.81. The highest BCUT2D eigenvalue weighted by Crippen LogP contribution is 2.34. The Balaban J connectivity index is 1.58. The highest BCUT2D eigenvalue weighted by Gasteiger charge is 2.22. The van der Waals surface area contributed by atoms with E-state index in [-0.39, 0.29) is 5.56 Å². The van der Waals surface area contributed by atoms with Crippen molar-refractivity contribution in [2.24, 2.45) is 0 Å². The predicted molar refractivity (Wildman–Crippen MR) is 124 cm³/mol. The molecule has 8 nitrogen and oxygen atoms in total. The fraction of sp³-hybridized carbons (Fsp3) is 0.217. The van der Waals surface area contributed by atoms with E-state index in [1.807, 2.05) is 65.4 Å². The summed E-state index contributed by atoms with van der Waals surface area (Å²) in [7, 11) is -2.41. The van der Waals surface area contributed by atoms with Crippen LogP contribution in [0.15, 0.2) is 71.9 Å². The summed E-state index contributed by atoms with van der Waals surface area (Å²) in [4.78, 5) is 37.8. The largest absolute Gasteiger partial charge is 0.493 e. The molecule has 0 amide bonds. The van der Waals surface area contributed by atoms with Crippen LogP contribution < -0.4 is 10.3 Å². The number of rotatable bonds is 8. The molecule has 0 atom stereocenters. The molecule has 0 aliphatic heterocycles. The average Bonchev–Trinajstić information content (AvgIpc) is 3.15. The van der Waals surface area contributed by atoms with Gasteiger partial charge in [-0.25, -0.2) is 4.98 Å². The van der Waals surface area contributed by atoms with E-state index in [0.717, 1.165) is 16.8 Å². The first-order valence-electron chi connectivity index (χ1n) is 10.1. The molecule has 2 aromatic heterocycles.